The van der Waals surface area contributed by atoms with Gasteiger partial charge in [-0.3, -0.25) is 4.79 Å². The molecule has 0 saturated heterocycles. The number of Topliss-reactive ketones (excluding diaryl/α,β-unsaturated/α-hetero) is 1. The summed E-state index contributed by atoms with van der Waals surface area (Å²) in [6, 6.07) is 4.74. The second kappa shape index (κ2) is 6.08. The molecule has 0 fully saturated rings. The minimum absolute atomic E-state index is 0.00162. The van der Waals surface area contributed by atoms with Crippen LogP contribution in [0.5, 0.6) is 0 Å². The van der Waals surface area contributed by atoms with Crippen molar-refractivity contribution in [2.75, 3.05) is 19.7 Å². The molecule has 1 rings (SSSR count). The van der Waals surface area contributed by atoms with Crippen LogP contribution in [0.25, 0.3) is 0 Å². The molecule has 0 atom stereocenters. The van der Waals surface area contributed by atoms with Crippen LogP contribution in [-0.4, -0.2) is 30.6 Å². The van der Waals surface area contributed by atoms with Gasteiger partial charge in [-0.1, -0.05) is 23.2 Å². The van der Waals surface area contributed by atoms with Crippen molar-refractivity contribution in [3.63, 3.8) is 0 Å². The van der Waals surface area contributed by atoms with E-state index in [1.165, 1.54) is 6.07 Å². The van der Waals surface area contributed by atoms with Gasteiger partial charge in [0.25, 0.3) is 0 Å². The zero-order valence-corrected chi connectivity index (χ0v) is 9.48. The van der Waals surface area contributed by atoms with Crippen LogP contribution in [0.1, 0.15) is 10.4 Å². The van der Waals surface area contributed by atoms with Crippen LogP contribution in [0.4, 0.5) is 0 Å². The lowest BCUT2D eigenvalue weighted by atomic mass is 10.1. The van der Waals surface area contributed by atoms with Crippen LogP contribution in [0.3, 0.4) is 0 Å². The fraction of sp³-hybridized carbons (Fsp3) is 0.300. The second-order valence-corrected chi connectivity index (χ2v) is 3.79. The average molecular weight is 248 g/mol. The normalized spacial score (nSPS) is 10.3. The van der Waals surface area contributed by atoms with E-state index >= 15 is 0 Å². The molecule has 0 radical (unpaired) electrons. The summed E-state index contributed by atoms with van der Waals surface area (Å²) in [7, 11) is 0. The average Bonchev–Trinajstić information content (AvgIpc) is 2.17. The Labute approximate surface area is 98.0 Å². The number of hydrogen-bond acceptors (Lipinski definition) is 3. The maximum atomic E-state index is 11.6. The Morgan fingerprint density at radius 3 is 2.73 bits per heavy atom. The van der Waals surface area contributed by atoms with Crippen LogP contribution in [0.2, 0.25) is 10.0 Å². The van der Waals surface area contributed by atoms with Crippen LogP contribution in [0.15, 0.2) is 18.2 Å². The molecule has 0 amide bonds. The summed E-state index contributed by atoms with van der Waals surface area (Å²) in [5.74, 6) is -0.120. The van der Waals surface area contributed by atoms with E-state index in [4.69, 9.17) is 28.3 Å². The molecule has 82 valence electrons. The lowest BCUT2D eigenvalue weighted by molar-refractivity contribution is 0.0990. The molecule has 0 aliphatic carbocycles. The molecule has 0 saturated carbocycles. The Morgan fingerprint density at radius 1 is 1.40 bits per heavy atom. The van der Waals surface area contributed by atoms with Gasteiger partial charge < -0.3 is 10.4 Å². The zero-order valence-electron chi connectivity index (χ0n) is 7.96. The number of carbonyl (C=O) groups excluding carboxylic acids is 1. The summed E-state index contributed by atoms with van der Waals surface area (Å²) >= 11 is 11.6. The predicted octanol–water partition coefficient (Wildman–Crippen LogP) is 1.76. The Bertz CT molecular complexity index is 355. The molecule has 2 N–H and O–H groups in total. The SMILES string of the molecule is O=C(CNCCO)c1ccc(Cl)cc1Cl. The summed E-state index contributed by atoms with van der Waals surface area (Å²) in [5, 5.41) is 12.2. The van der Waals surface area contributed by atoms with E-state index in [2.05, 4.69) is 5.32 Å². The Hall–Kier alpha value is -0.610. The third-order valence-corrected chi connectivity index (χ3v) is 2.35. The summed E-state index contributed by atoms with van der Waals surface area (Å²) < 4.78 is 0. The molecule has 15 heavy (non-hydrogen) atoms. The van der Waals surface area contributed by atoms with Crippen molar-refractivity contribution in [1.82, 2.24) is 5.32 Å². The van der Waals surface area contributed by atoms with E-state index < -0.39 is 0 Å². The van der Waals surface area contributed by atoms with Crippen molar-refractivity contribution in [1.29, 1.82) is 0 Å². The predicted molar refractivity (Wildman–Crippen MR) is 60.7 cm³/mol. The van der Waals surface area contributed by atoms with Crippen molar-refractivity contribution in [2.45, 2.75) is 0 Å². The molecule has 0 spiro atoms. The van der Waals surface area contributed by atoms with Gasteiger partial charge in [-0.15, -0.1) is 0 Å². The number of ketones is 1. The highest BCUT2D eigenvalue weighted by atomic mass is 35.5. The van der Waals surface area contributed by atoms with Crippen molar-refractivity contribution < 1.29 is 9.90 Å². The van der Waals surface area contributed by atoms with Gasteiger partial charge in [-0.2, -0.15) is 0 Å². The van der Waals surface area contributed by atoms with E-state index in [0.717, 1.165) is 0 Å². The number of rotatable bonds is 5. The van der Waals surface area contributed by atoms with Gasteiger partial charge in [-0.25, -0.2) is 0 Å². The highest BCUT2D eigenvalue weighted by molar-refractivity contribution is 6.36. The highest BCUT2D eigenvalue weighted by Crippen LogP contribution is 2.21. The van der Waals surface area contributed by atoms with Gasteiger partial charge in [0.05, 0.1) is 18.2 Å². The topological polar surface area (TPSA) is 49.3 Å². The third kappa shape index (κ3) is 3.80. The van der Waals surface area contributed by atoms with Crippen LogP contribution < -0.4 is 5.32 Å². The van der Waals surface area contributed by atoms with E-state index in [1.54, 1.807) is 12.1 Å². The van der Waals surface area contributed by atoms with Crippen LogP contribution >= 0.6 is 23.2 Å². The fourth-order valence-electron chi connectivity index (χ4n) is 1.09. The van der Waals surface area contributed by atoms with Gasteiger partial charge in [-0.05, 0) is 18.2 Å². The summed E-state index contributed by atoms with van der Waals surface area (Å²) in [5.41, 5.74) is 0.437. The highest BCUT2D eigenvalue weighted by Gasteiger charge is 2.09. The minimum Gasteiger partial charge on any atom is -0.395 e. The standard InChI is InChI=1S/C10H11Cl2NO2/c11-7-1-2-8(9(12)5-7)10(15)6-13-3-4-14/h1-2,5,13-14H,3-4,6H2. The van der Waals surface area contributed by atoms with Gasteiger partial charge >= 0.3 is 0 Å². The summed E-state index contributed by atoms with van der Waals surface area (Å²) in [4.78, 5) is 11.6. The van der Waals surface area contributed by atoms with Crippen molar-refractivity contribution in [3.8, 4) is 0 Å². The van der Waals surface area contributed by atoms with Crippen molar-refractivity contribution in [3.05, 3.63) is 33.8 Å². The number of nitrogens with one attached hydrogen (secondary N) is 1. The number of hydrogen-bond donors (Lipinski definition) is 2. The van der Waals surface area contributed by atoms with Gasteiger partial charge in [0.1, 0.15) is 0 Å². The molecular formula is C10H11Cl2NO2. The molecule has 0 heterocycles. The molecule has 0 aliphatic heterocycles. The summed E-state index contributed by atoms with van der Waals surface area (Å²) in [6.07, 6.45) is 0. The first-order valence-electron chi connectivity index (χ1n) is 4.45. The monoisotopic (exact) mass is 247 g/mol. The second-order valence-electron chi connectivity index (χ2n) is 2.95. The quantitative estimate of drug-likeness (QED) is 0.616. The molecule has 0 bridgehead atoms. The maximum absolute atomic E-state index is 11.6. The minimum atomic E-state index is -0.120. The Morgan fingerprint density at radius 2 is 2.13 bits per heavy atom. The Balaban J connectivity index is 2.65. The van der Waals surface area contributed by atoms with E-state index in [-0.39, 0.29) is 18.9 Å². The van der Waals surface area contributed by atoms with E-state index in [0.29, 0.717) is 22.2 Å². The number of aliphatic hydroxyl groups excluding tert-OH is 1. The van der Waals surface area contributed by atoms with E-state index in [1.807, 2.05) is 0 Å². The third-order valence-electron chi connectivity index (χ3n) is 1.81. The maximum Gasteiger partial charge on any atom is 0.178 e. The molecule has 3 nitrogen and oxygen atoms in total. The van der Waals surface area contributed by atoms with E-state index in [9.17, 15) is 4.79 Å². The lowest BCUT2D eigenvalue weighted by Crippen LogP contribution is -2.25. The van der Waals surface area contributed by atoms with Crippen molar-refractivity contribution in [2.24, 2.45) is 0 Å². The fourth-order valence-corrected chi connectivity index (χ4v) is 1.61. The smallest absolute Gasteiger partial charge is 0.178 e. The van der Waals surface area contributed by atoms with Gasteiger partial charge in [0.2, 0.25) is 0 Å². The molecular weight excluding hydrogens is 237 g/mol. The molecule has 1 aromatic rings. The van der Waals surface area contributed by atoms with Gasteiger partial charge in [0.15, 0.2) is 5.78 Å². The number of carbonyl (C=O) groups is 1. The number of aliphatic hydroxyl groups is 1. The lowest BCUT2D eigenvalue weighted by Gasteiger charge is -2.04. The zero-order chi connectivity index (χ0) is 11.3. The van der Waals surface area contributed by atoms with Crippen LogP contribution in [-0.2, 0) is 0 Å². The first kappa shape index (κ1) is 12.5. The Kier molecular flexibility index (Phi) is 5.05. The summed E-state index contributed by atoms with van der Waals surface area (Å²) in [6.45, 7) is 0.542. The van der Waals surface area contributed by atoms with Crippen molar-refractivity contribution >= 4 is 29.0 Å². The van der Waals surface area contributed by atoms with Gasteiger partial charge in [0, 0.05) is 17.1 Å². The largest absolute Gasteiger partial charge is 0.395 e. The number of halogens is 2. The molecule has 5 heteroatoms. The first-order valence-corrected chi connectivity index (χ1v) is 5.20. The molecule has 0 aromatic heterocycles. The first-order chi connectivity index (χ1) is 7.15. The number of benzene rings is 1. The molecule has 0 unspecified atom stereocenters. The molecule has 0 aliphatic rings. The van der Waals surface area contributed by atoms with Crippen LogP contribution in [0, 0.1) is 0 Å². The molecule has 1 aromatic carbocycles.